The van der Waals surface area contributed by atoms with E-state index in [0.29, 0.717) is 23.6 Å². The minimum atomic E-state index is -0.776. The van der Waals surface area contributed by atoms with Crippen LogP contribution in [0.3, 0.4) is 0 Å². The monoisotopic (exact) mass is 530 g/mol. The highest BCUT2D eigenvalue weighted by molar-refractivity contribution is 9.09. The Morgan fingerprint density at radius 2 is 2.16 bits per heavy atom. The number of carbonyl (C=O) groups is 3. The Kier molecular flexibility index (Phi) is 6.59. The minimum absolute atomic E-state index is 0.00985. The van der Waals surface area contributed by atoms with Crippen LogP contribution in [-0.4, -0.2) is 68.4 Å². The van der Waals surface area contributed by atoms with Crippen LogP contribution in [0.5, 0.6) is 0 Å². The number of nitrogens with one attached hydrogen (secondary N) is 1. The van der Waals surface area contributed by atoms with Crippen molar-refractivity contribution in [1.29, 1.82) is 0 Å². The molecule has 1 aromatic rings. The smallest absolute Gasteiger partial charge is 0.310 e. The maximum atomic E-state index is 13.5. The van der Waals surface area contributed by atoms with Gasteiger partial charge in [-0.25, -0.2) is 0 Å². The predicted octanol–water partition coefficient (Wildman–Crippen LogP) is 2.69. The number of halogens is 2. The Morgan fingerprint density at radius 3 is 2.84 bits per heavy atom. The Bertz CT molecular complexity index is 904. The number of aliphatic hydroxyl groups is 1. The zero-order chi connectivity index (χ0) is 22.3. The molecular weight excluding hydrogens is 508 g/mol. The van der Waals surface area contributed by atoms with Crippen molar-refractivity contribution in [3.8, 4) is 0 Å². The number of fused-ring (bicyclic) bond motifs is 1. The van der Waals surface area contributed by atoms with Gasteiger partial charge in [-0.1, -0.05) is 39.7 Å². The molecule has 0 radical (unpaired) electrons. The van der Waals surface area contributed by atoms with Crippen molar-refractivity contribution in [2.75, 3.05) is 25.1 Å². The molecule has 0 aromatic heterocycles. The summed E-state index contributed by atoms with van der Waals surface area (Å²) in [7, 11) is 0. The van der Waals surface area contributed by atoms with Gasteiger partial charge in [-0.05, 0) is 31.9 Å². The normalized spacial score (nSPS) is 33.5. The number of rotatable bonds is 7. The van der Waals surface area contributed by atoms with E-state index in [-0.39, 0.29) is 41.6 Å². The standard InChI is InChI=1S/C21H24BrClN2O5S/c1-2-30-20(29)14-15-19(28)25(8-5-9-26)17(21(15)10-11(22)16(14)31-21)18(27)24-13-7-4-3-6-12(13)23/h3-4,6-7,11,14-17,26H,2,5,8-10H2,1H3,(H,24,27)/t11?,14-,15-,16-,17?,21?/m0/s1. The second kappa shape index (κ2) is 8.92. The molecule has 0 aliphatic carbocycles. The fourth-order valence-corrected chi connectivity index (χ4v) is 8.97. The van der Waals surface area contributed by atoms with Crippen molar-refractivity contribution in [3.63, 3.8) is 0 Å². The average Bonchev–Trinajstić information content (AvgIpc) is 3.32. The second-order valence-corrected chi connectivity index (χ2v) is 11.1. The van der Waals surface area contributed by atoms with Gasteiger partial charge >= 0.3 is 5.97 Å². The number of ether oxygens (including phenoxy) is 1. The highest BCUT2D eigenvalue weighted by Crippen LogP contribution is 2.67. The number of aliphatic hydroxyl groups excluding tert-OH is 1. The van der Waals surface area contributed by atoms with Gasteiger partial charge in [0.25, 0.3) is 0 Å². The molecule has 168 valence electrons. The lowest BCUT2D eigenvalue weighted by Gasteiger charge is -2.35. The van der Waals surface area contributed by atoms with E-state index in [0.717, 1.165) is 0 Å². The molecule has 31 heavy (non-hydrogen) atoms. The van der Waals surface area contributed by atoms with Crippen molar-refractivity contribution in [2.45, 2.75) is 40.6 Å². The maximum absolute atomic E-state index is 13.5. The average molecular weight is 532 g/mol. The van der Waals surface area contributed by atoms with Crippen molar-refractivity contribution >= 4 is 62.8 Å². The molecule has 3 heterocycles. The lowest BCUT2D eigenvalue weighted by Crippen LogP contribution is -2.52. The number of thioether (sulfide) groups is 1. The molecule has 6 atom stereocenters. The van der Waals surface area contributed by atoms with Gasteiger partial charge < -0.3 is 20.1 Å². The molecular formula is C21H24BrClN2O5S. The van der Waals surface area contributed by atoms with Crippen molar-refractivity contribution in [1.82, 2.24) is 4.90 Å². The Hall–Kier alpha value is -1.29. The van der Waals surface area contributed by atoms with E-state index in [2.05, 4.69) is 21.2 Å². The molecule has 3 saturated heterocycles. The van der Waals surface area contributed by atoms with Gasteiger partial charge in [0.2, 0.25) is 11.8 Å². The van der Waals surface area contributed by atoms with Gasteiger partial charge in [-0.3, -0.25) is 14.4 Å². The fraction of sp³-hybridized carbons (Fsp3) is 0.571. The zero-order valence-corrected chi connectivity index (χ0v) is 20.1. The number of hydrogen-bond acceptors (Lipinski definition) is 6. The quantitative estimate of drug-likeness (QED) is 0.415. The zero-order valence-electron chi connectivity index (χ0n) is 16.9. The number of benzene rings is 1. The summed E-state index contributed by atoms with van der Waals surface area (Å²) in [6, 6.07) is 6.16. The van der Waals surface area contributed by atoms with Gasteiger partial charge in [-0.15, -0.1) is 11.8 Å². The highest BCUT2D eigenvalue weighted by atomic mass is 79.9. The number of anilines is 1. The Morgan fingerprint density at radius 1 is 1.42 bits per heavy atom. The third-order valence-corrected chi connectivity index (χ3v) is 9.83. The number of amides is 2. The molecule has 1 aromatic carbocycles. The third-order valence-electron chi connectivity index (χ3n) is 6.29. The first-order chi connectivity index (χ1) is 14.9. The first-order valence-electron chi connectivity index (χ1n) is 10.3. The van der Waals surface area contributed by atoms with Crippen LogP contribution in [-0.2, 0) is 19.1 Å². The van der Waals surface area contributed by atoms with Crippen LogP contribution in [0.2, 0.25) is 5.02 Å². The maximum Gasteiger partial charge on any atom is 0.310 e. The first-order valence-corrected chi connectivity index (χ1v) is 12.5. The van der Waals surface area contributed by atoms with Gasteiger partial charge in [0, 0.05) is 23.2 Å². The molecule has 3 aliphatic heterocycles. The van der Waals surface area contributed by atoms with E-state index in [1.165, 1.54) is 4.90 Å². The number of para-hydroxylation sites is 1. The van der Waals surface area contributed by atoms with E-state index in [9.17, 15) is 19.5 Å². The molecule has 1 spiro atoms. The molecule has 2 N–H and O–H groups in total. The molecule has 3 unspecified atom stereocenters. The summed E-state index contributed by atoms with van der Waals surface area (Å²) < 4.78 is 4.56. The highest BCUT2D eigenvalue weighted by Gasteiger charge is 2.75. The fourth-order valence-electron chi connectivity index (χ4n) is 5.18. The molecule has 0 saturated carbocycles. The molecule has 7 nitrogen and oxygen atoms in total. The van der Waals surface area contributed by atoms with E-state index in [1.807, 2.05) is 0 Å². The summed E-state index contributed by atoms with van der Waals surface area (Å²) in [5, 5.41) is 12.5. The Balaban J connectivity index is 1.72. The van der Waals surface area contributed by atoms with Crippen LogP contribution in [0.4, 0.5) is 5.69 Å². The lowest BCUT2D eigenvalue weighted by molar-refractivity contribution is -0.153. The van der Waals surface area contributed by atoms with Gasteiger partial charge in [0.05, 0.1) is 33.9 Å². The molecule has 10 heteroatoms. The van der Waals surface area contributed by atoms with Crippen molar-refractivity contribution in [2.24, 2.45) is 11.8 Å². The SMILES string of the molecule is CCOC(=O)[C@H]1[C@H]2C(=O)N(CCCO)C(C(=O)Nc3ccccc3Cl)C23CC(Br)[C@@H]1S3. The van der Waals surface area contributed by atoms with Crippen LogP contribution < -0.4 is 5.32 Å². The van der Waals surface area contributed by atoms with Crippen molar-refractivity contribution in [3.05, 3.63) is 29.3 Å². The van der Waals surface area contributed by atoms with E-state index in [4.69, 9.17) is 16.3 Å². The molecule has 3 aliphatic rings. The van der Waals surface area contributed by atoms with E-state index in [1.54, 1.807) is 43.0 Å². The van der Waals surface area contributed by atoms with Gasteiger partial charge in [0.15, 0.2) is 0 Å². The number of likely N-dealkylation sites (tertiary alicyclic amines) is 1. The van der Waals surface area contributed by atoms with E-state index >= 15 is 0 Å². The number of nitrogens with zero attached hydrogens (tertiary/aromatic N) is 1. The van der Waals surface area contributed by atoms with Gasteiger partial charge in [0.1, 0.15) is 6.04 Å². The topological polar surface area (TPSA) is 95.9 Å². The van der Waals surface area contributed by atoms with Gasteiger partial charge in [-0.2, -0.15) is 0 Å². The minimum Gasteiger partial charge on any atom is -0.466 e. The van der Waals surface area contributed by atoms with Crippen LogP contribution in [0.1, 0.15) is 19.8 Å². The van der Waals surface area contributed by atoms with Crippen LogP contribution >= 0.6 is 39.3 Å². The molecule has 4 rings (SSSR count). The van der Waals surface area contributed by atoms with Crippen LogP contribution in [0.25, 0.3) is 0 Å². The third kappa shape index (κ3) is 3.67. The lowest BCUT2D eigenvalue weighted by atomic mass is 9.71. The summed E-state index contributed by atoms with van der Waals surface area (Å²) in [5.74, 6) is -2.18. The number of hydrogen-bond donors (Lipinski definition) is 2. The summed E-state index contributed by atoms with van der Waals surface area (Å²) in [6.45, 7) is 2.11. The Labute approximate surface area is 198 Å². The van der Waals surface area contributed by atoms with Crippen LogP contribution in [0.15, 0.2) is 24.3 Å². The first kappa shape index (κ1) is 22.9. The summed E-state index contributed by atoms with van der Waals surface area (Å²) in [5.41, 5.74) is 0.471. The second-order valence-electron chi connectivity index (χ2n) is 7.99. The van der Waals surface area contributed by atoms with Crippen LogP contribution in [0, 0.1) is 11.8 Å². The molecule has 3 fully saturated rings. The molecule has 2 bridgehead atoms. The summed E-state index contributed by atoms with van der Waals surface area (Å²) in [4.78, 5) is 41.4. The number of esters is 1. The van der Waals surface area contributed by atoms with E-state index < -0.39 is 28.6 Å². The van der Waals surface area contributed by atoms with Crippen molar-refractivity contribution < 1.29 is 24.2 Å². The molecule has 2 amide bonds. The largest absolute Gasteiger partial charge is 0.466 e. The number of alkyl halides is 1. The number of carbonyl (C=O) groups excluding carboxylic acids is 3. The predicted molar refractivity (Wildman–Crippen MR) is 122 cm³/mol. The summed E-state index contributed by atoms with van der Waals surface area (Å²) in [6.07, 6.45) is 0.936. The summed E-state index contributed by atoms with van der Waals surface area (Å²) >= 11 is 11.5.